The van der Waals surface area contributed by atoms with Gasteiger partial charge in [0, 0.05) is 17.3 Å². The number of sulfone groups is 1. The maximum absolute atomic E-state index is 12.3. The minimum atomic E-state index is -5.37. The molecule has 1 aromatic carbocycles. The predicted octanol–water partition coefficient (Wildman–Crippen LogP) is 2.25. The number of aliphatic hydroxyl groups is 1. The lowest BCUT2D eigenvalue weighted by molar-refractivity contribution is -0.0436. The molecular formula is C12H15F3O4S2. The summed E-state index contributed by atoms with van der Waals surface area (Å²) < 4.78 is 71.2. The Morgan fingerprint density at radius 1 is 1.05 bits per heavy atom. The van der Waals surface area contributed by atoms with E-state index in [1.165, 1.54) is 0 Å². The Kier molecular flexibility index (Phi) is 6.36. The molecule has 0 amide bonds. The van der Waals surface area contributed by atoms with E-state index < -0.39 is 31.0 Å². The standard InChI is InChI=1S/C12H15F3O4S2/c13-12(14,15)21(18,19)11-6-4-10(5-7-11)20(17)9-3-1-2-8-16/h4-7,16H,1-3,8-9H2. The molecule has 1 rings (SSSR count). The lowest BCUT2D eigenvalue weighted by Crippen LogP contribution is -2.23. The smallest absolute Gasteiger partial charge is 0.396 e. The molecule has 21 heavy (non-hydrogen) atoms. The fourth-order valence-corrected chi connectivity index (χ4v) is 3.45. The van der Waals surface area contributed by atoms with Gasteiger partial charge < -0.3 is 5.11 Å². The Hall–Kier alpha value is -0.930. The van der Waals surface area contributed by atoms with Crippen LogP contribution in [0.5, 0.6) is 0 Å². The van der Waals surface area contributed by atoms with Crippen molar-refractivity contribution in [2.45, 2.75) is 34.6 Å². The van der Waals surface area contributed by atoms with Gasteiger partial charge in [-0.2, -0.15) is 13.2 Å². The van der Waals surface area contributed by atoms with Gasteiger partial charge >= 0.3 is 5.51 Å². The van der Waals surface area contributed by atoms with Crippen LogP contribution < -0.4 is 0 Å². The number of aliphatic hydroxyl groups excluding tert-OH is 1. The number of alkyl halides is 3. The normalized spacial score (nSPS) is 14.1. The van der Waals surface area contributed by atoms with Gasteiger partial charge in [-0.25, -0.2) is 8.42 Å². The summed E-state index contributed by atoms with van der Waals surface area (Å²) in [6.45, 7) is 0.0522. The van der Waals surface area contributed by atoms with Gasteiger partial charge in [-0.3, -0.25) is 4.21 Å². The molecule has 0 bridgehead atoms. The summed E-state index contributed by atoms with van der Waals surface area (Å²) in [6, 6.07) is 3.87. The molecule has 1 unspecified atom stereocenters. The van der Waals surface area contributed by atoms with E-state index in [0.29, 0.717) is 25.0 Å². The Morgan fingerprint density at radius 3 is 2.10 bits per heavy atom. The topological polar surface area (TPSA) is 71.4 Å². The predicted molar refractivity (Wildman–Crippen MR) is 71.9 cm³/mol. The van der Waals surface area contributed by atoms with Crippen LogP contribution in [0.1, 0.15) is 19.3 Å². The molecule has 0 heterocycles. The van der Waals surface area contributed by atoms with Crippen molar-refractivity contribution in [3.05, 3.63) is 24.3 Å². The number of unbranched alkanes of at least 4 members (excludes halogenated alkanes) is 2. The molecule has 1 aromatic rings. The van der Waals surface area contributed by atoms with Crippen LogP contribution in [0.4, 0.5) is 13.2 Å². The highest BCUT2D eigenvalue weighted by Crippen LogP contribution is 2.30. The quantitative estimate of drug-likeness (QED) is 0.770. The zero-order valence-corrected chi connectivity index (χ0v) is 12.6. The SMILES string of the molecule is O=S(CCCCCO)c1ccc(S(=O)(=O)C(F)(F)F)cc1. The van der Waals surface area contributed by atoms with Crippen LogP contribution >= 0.6 is 0 Å². The summed E-state index contributed by atoms with van der Waals surface area (Å²) >= 11 is 0. The highest BCUT2D eigenvalue weighted by molar-refractivity contribution is 7.92. The van der Waals surface area contributed by atoms with Gasteiger partial charge in [-0.1, -0.05) is 6.42 Å². The number of hydrogen-bond acceptors (Lipinski definition) is 4. The van der Waals surface area contributed by atoms with E-state index >= 15 is 0 Å². The third-order valence-electron chi connectivity index (χ3n) is 2.69. The second kappa shape index (κ2) is 7.37. The Morgan fingerprint density at radius 2 is 1.62 bits per heavy atom. The minimum Gasteiger partial charge on any atom is -0.396 e. The molecule has 120 valence electrons. The second-order valence-corrected chi connectivity index (χ2v) is 7.77. The third-order valence-corrected chi connectivity index (χ3v) is 5.65. The maximum Gasteiger partial charge on any atom is 0.501 e. The number of hydrogen-bond donors (Lipinski definition) is 1. The number of halogens is 3. The van der Waals surface area contributed by atoms with Gasteiger partial charge in [0.1, 0.15) is 0 Å². The van der Waals surface area contributed by atoms with Gasteiger partial charge in [0.15, 0.2) is 0 Å². The molecule has 0 radical (unpaired) electrons. The Bertz CT molecular complexity index is 580. The minimum absolute atomic E-state index is 0.0522. The summed E-state index contributed by atoms with van der Waals surface area (Å²) in [5, 5.41) is 8.60. The summed E-state index contributed by atoms with van der Waals surface area (Å²) in [7, 11) is -6.77. The summed E-state index contributed by atoms with van der Waals surface area (Å²) in [4.78, 5) is -0.587. The van der Waals surface area contributed by atoms with Crippen molar-refractivity contribution in [1.82, 2.24) is 0 Å². The third kappa shape index (κ3) is 4.79. The molecule has 4 nitrogen and oxygen atoms in total. The van der Waals surface area contributed by atoms with Gasteiger partial charge in [0.25, 0.3) is 9.84 Å². The lowest BCUT2D eigenvalue weighted by atomic mass is 10.3. The van der Waals surface area contributed by atoms with Crippen LogP contribution in [-0.4, -0.2) is 35.6 Å². The van der Waals surface area contributed by atoms with E-state index in [-0.39, 0.29) is 11.5 Å². The molecule has 0 saturated carbocycles. The van der Waals surface area contributed by atoms with Crippen LogP contribution in [-0.2, 0) is 20.6 Å². The fourth-order valence-electron chi connectivity index (χ4n) is 1.54. The first-order valence-electron chi connectivity index (χ1n) is 6.11. The average molecular weight is 344 g/mol. The number of benzene rings is 1. The molecule has 0 aliphatic carbocycles. The van der Waals surface area contributed by atoms with Gasteiger partial charge in [-0.15, -0.1) is 0 Å². The summed E-state index contributed by atoms with van der Waals surface area (Å²) in [6.07, 6.45) is 1.90. The molecule has 1 N–H and O–H groups in total. The van der Waals surface area contributed by atoms with E-state index in [0.717, 1.165) is 24.3 Å². The van der Waals surface area contributed by atoms with Crippen molar-refractivity contribution in [3.63, 3.8) is 0 Å². The average Bonchev–Trinajstić information content (AvgIpc) is 2.42. The fraction of sp³-hybridized carbons (Fsp3) is 0.500. The monoisotopic (exact) mass is 344 g/mol. The summed E-state index contributed by atoms with van der Waals surface area (Å²) in [5.41, 5.74) is -5.35. The molecule has 0 aromatic heterocycles. The molecule has 0 saturated heterocycles. The molecule has 1 atom stereocenters. The zero-order valence-electron chi connectivity index (χ0n) is 11.0. The van der Waals surface area contributed by atoms with Crippen LogP contribution in [0, 0.1) is 0 Å². The molecular weight excluding hydrogens is 329 g/mol. The summed E-state index contributed by atoms with van der Waals surface area (Å²) in [5.74, 6) is 0.311. The molecule has 9 heteroatoms. The molecule has 0 fully saturated rings. The zero-order chi connectivity index (χ0) is 16.1. The van der Waals surface area contributed by atoms with E-state index in [9.17, 15) is 25.8 Å². The first kappa shape index (κ1) is 18.1. The van der Waals surface area contributed by atoms with Crippen molar-refractivity contribution in [3.8, 4) is 0 Å². The molecule has 0 spiro atoms. The van der Waals surface area contributed by atoms with Crippen LogP contribution in [0.2, 0.25) is 0 Å². The largest absolute Gasteiger partial charge is 0.501 e. The van der Waals surface area contributed by atoms with Crippen molar-refractivity contribution in [1.29, 1.82) is 0 Å². The van der Waals surface area contributed by atoms with Crippen molar-refractivity contribution in [2.75, 3.05) is 12.4 Å². The van der Waals surface area contributed by atoms with E-state index in [2.05, 4.69) is 0 Å². The van der Waals surface area contributed by atoms with Crippen LogP contribution in [0.25, 0.3) is 0 Å². The second-order valence-electron chi connectivity index (χ2n) is 4.25. The van der Waals surface area contributed by atoms with Gasteiger partial charge in [0.05, 0.1) is 15.7 Å². The van der Waals surface area contributed by atoms with Crippen molar-refractivity contribution in [2.24, 2.45) is 0 Å². The van der Waals surface area contributed by atoms with Gasteiger partial charge in [0.2, 0.25) is 0 Å². The molecule has 0 aliphatic heterocycles. The Balaban J connectivity index is 2.77. The highest BCUT2D eigenvalue weighted by Gasteiger charge is 2.46. The Labute approximate surface area is 123 Å². The van der Waals surface area contributed by atoms with E-state index in [1.807, 2.05) is 0 Å². The molecule has 0 aliphatic rings. The first-order valence-corrected chi connectivity index (χ1v) is 8.91. The maximum atomic E-state index is 12.3. The van der Waals surface area contributed by atoms with E-state index in [1.54, 1.807) is 0 Å². The highest BCUT2D eigenvalue weighted by atomic mass is 32.2. The van der Waals surface area contributed by atoms with Gasteiger partial charge in [-0.05, 0) is 37.1 Å². The number of rotatable bonds is 7. The van der Waals surface area contributed by atoms with Crippen molar-refractivity contribution < 1.29 is 30.9 Å². The van der Waals surface area contributed by atoms with E-state index in [4.69, 9.17) is 5.11 Å². The van der Waals surface area contributed by atoms with Crippen molar-refractivity contribution >= 4 is 20.6 Å². The van der Waals surface area contributed by atoms with Crippen LogP contribution in [0.15, 0.2) is 34.1 Å². The first-order chi connectivity index (χ1) is 9.70. The lowest BCUT2D eigenvalue weighted by Gasteiger charge is -2.08. The van der Waals surface area contributed by atoms with Crippen LogP contribution in [0.3, 0.4) is 0 Å².